The summed E-state index contributed by atoms with van der Waals surface area (Å²) in [6.45, 7) is 14.3. The molecule has 0 radical (unpaired) electrons. The molecule has 0 aliphatic carbocycles. The van der Waals surface area contributed by atoms with Gasteiger partial charge in [-0.2, -0.15) is 0 Å². The van der Waals surface area contributed by atoms with E-state index in [9.17, 15) is 19.8 Å². The summed E-state index contributed by atoms with van der Waals surface area (Å²) in [4.78, 5) is 23.1. The Labute approximate surface area is 183 Å². The monoisotopic (exact) mass is 430 g/mol. The molecule has 170 valence electrons. The number of carboxylic acids is 2. The predicted octanol–water partition coefficient (Wildman–Crippen LogP) is 2.67. The highest BCUT2D eigenvalue weighted by atomic mass is 16.5. The summed E-state index contributed by atoms with van der Waals surface area (Å²) in [7, 11) is 0. The lowest BCUT2D eigenvalue weighted by Crippen LogP contribution is -2.30. The molecule has 0 aliphatic rings. The summed E-state index contributed by atoms with van der Waals surface area (Å²) < 4.78 is 14.4. The number of carboxylic acid groups (broad SMARTS) is 2. The highest BCUT2D eigenvalue weighted by Gasteiger charge is 2.15. The molecule has 7 nitrogen and oxygen atoms in total. The van der Waals surface area contributed by atoms with E-state index in [0.717, 1.165) is 6.42 Å². The van der Waals surface area contributed by atoms with Gasteiger partial charge in [-0.1, -0.05) is 38.4 Å². The van der Waals surface area contributed by atoms with Gasteiger partial charge in [0.15, 0.2) is 0 Å². The van der Waals surface area contributed by atoms with Crippen molar-refractivity contribution in [3.63, 3.8) is 0 Å². The molecule has 1 aromatic rings. The molecule has 0 aromatic heterocycles. The zero-order valence-corrected chi connectivity index (χ0v) is 17.8. The third kappa shape index (κ3) is 11.3. The van der Waals surface area contributed by atoms with Crippen LogP contribution in [0.5, 0.6) is 0 Å². The van der Waals surface area contributed by atoms with Crippen molar-refractivity contribution >= 4 is 11.9 Å². The first-order valence-electron chi connectivity index (χ1n) is 9.84. The van der Waals surface area contributed by atoms with E-state index >= 15 is 0 Å². The molecule has 31 heavy (non-hydrogen) atoms. The number of ether oxygens (including phenoxy) is 3. The molecule has 1 aromatic carbocycles. The van der Waals surface area contributed by atoms with Crippen molar-refractivity contribution in [2.24, 2.45) is 0 Å². The van der Waals surface area contributed by atoms with Gasteiger partial charge >= 0.3 is 0 Å². The van der Waals surface area contributed by atoms with Gasteiger partial charge in [0.2, 0.25) is 0 Å². The fourth-order valence-corrected chi connectivity index (χ4v) is 2.83. The maximum Gasteiger partial charge on any atom is 0.0873 e. The molecule has 0 aliphatic heterocycles. The molecule has 0 saturated heterocycles. The van der Waals surface area contributed by atoms with Gasteiger partial charge in [-0.3, -0.25) is 0 Å². The van der Waals surface area contributed by atoms with Crippen molar-refractivity contribution in [1.82, 2.24) is 0 Å². The molecule has 0 amide bonds. The number of unbranched alkanes of at least 4 members (excludes halogenated alkanes) is 2. The maximum absolute atomic E-state index is 11.7. The SMILES string of the molecule is C=COC=C.C=COCCCCc1ccc(C(=O)[O-])c(CCCCOC=C)c1C(=O)[O-]. The zero-order chi connectivity index (χ0) is 23.5. The van der Waals surface area contributed by atoms with Crippen LogP contribution in [-0.4, -0.2) is 25.2 Å². The Hall–Kier alpha value is -3.48. The predicted molar refractivity (Wildman–Crippen MR) is 115 cm³/mol. The van der Waals surface area contributed by atoms with Crippen LogP contribution >= 0.6 is 0 Å². The Morgan fingerprint density at radius 1 is 0.774 bits per heavy atom. The van der Waals surface area contributed by atoms with Crippen molar-refractivity contribution in [2.75, 3.05) is 13.2 Å². The Morgan fingerprint density at radius 3 is 1.74 bits per heavy atom. The lowest BCUT2D eigenvalue weighted by molar-refractivity contribution is -0.255. The van der Waals surface area contributed by atoms with Crippen molar-refractivity contribution in [3.05, 3.63) is 85.8 Å². The summed E-state index contributed by atoms with van der Waals surface area (Å²) in [6.07, 6.45) is 8.75. The molecule has 0 fully saturated rings. The second-order valence-corrected chi connectivity index (χ2v) is 6.16. The van der Waals surface area contributed by atoms with Gasteiger partial charge < -0.3 is 34.0 Å². The van der Waals surface area contributed by atoms with Gasteiger partial charge in [0.25, 0.3) is 0 Å². The molecule has 0 spiro atoms. The number of rotatable bonds is 16. The second-order valence-electron chi connectivity index (χ2n) is 6.16. The number of hydrogen-bond donors (Lipinski definition) is 0. The maximum atomic E-state index is 11.7. The van der Waals surface area contributed by atoms with E-state index in [1.54, 1.807) is 0 Å². The van der Waals surface area contributed by atoms with Gasteiger partial charge in [0.1, 0.15) is 0 Å². The van der Waals surface area contributed by atoms with E-state index in [1.165, 1.54) is 37.2 Å². The van der Waals surface area contributed by atoms with Crippen LogP contribution in [0.4, 0.5) is 0 Å². The van der Waals surface area contributed by atoms with Crippen molar-refractivity contribution in [2.45, 2.75) is 38.5 Å². The Bertz CT molecular complexity index is 732. The number of benzene rings is 1. The summed E-state index contributed by atoms with van der Waals surface area (Å²) in [5.74, 6) is -2.77. The minimum Gasteiger partial charge on any atom is -0.545 e. The Morgan fingerprint density at radius 2 is 1.32 bits per heavy atom. The van der Waals surface area contributed by atoms with E-state index < -0.39 is 11.9 Å². The highest BCUT2D eigenvalue weighted by molar-refractivity contribution is 5.96. The third-order valence-electron chi connectivity index (χ3n) is 4.15. The molecule has 1 rings (SSSR count). The lowest BCUT2D eigenvalue weighted by Gasteiger charge is -2.20. The second kappa shape index (κ2) is 17.4. The molecule has 0 saturated carbocycles. The van der Waals surface area contributed by atoms with E-state index in [-0.39, 0.29) is 16.7 Å². The fourth-order valence-electron chi connectivity index (χ4n) is 2.83. The molecule has 0 unspecified atom stereocenters. The lowest BCUT2D eigenvalue weighted by atomic mass is 9.90. The van der Waals surface area contributed by atoms with Crippen molar-refractivity contribution in [1.29, 1.82) is 0 Å². The van der Waals surface area contributed by atoms with Crippen LogP contribution in [0.3, 0.4) is 0 Å². The minimum atomic E-state index is -1.39. The van der Waals surface area contributed by atoms with Gasteiger partial charge in [-0.25, -0.2) is 0 Å². The van der Waals surface area contributed by atoms with E-state index in [4.69, 9.17) is 9.47 Å². The van der Waals surface area contributed by atoms with Crippen LogP contribution in [0.15, 0.2) is 63.5 Å². The average molecular weight is 430 g/mol. The fraction of sp³-hybridized carbons (Fsp3) is 0.333. The Kier molecular flexibility index (Phi) is 15.4. The van der Waals surface area contributed by atoms with Gasteiger partial charge in [-0.15, -0.1) is 0 Å². The third-order valence-corrected chi connectivity index (χ3v) is 4.15. The normalized spacial score (nSPS) is 9.42. The van der Waals surface area contributed by atoms with Crippen LogP contribution in [-0.2, 0) is 27.1 Å². The molecule has 0 N–H and O–H groups in total. The van der Waals surface area contributed by atoms with E-state index in [2.05, 4.69) is 31.1 Å². The first kappa shape index (κ1) is 27.5. The van der Waals surface area contributed by atoms with E-state index in [0.29, 0.717) is 50.9 Å². The van der Waals surface area contributed by atoms with Gasteiger partial charge in [0, 0.05) is 11.1 Å². The largest absolute Gasteiger partial charge is 0.545 e. The first-order chi connectivity index (χ1) is 14.9. The van der Waals surface area contributed by atoms with Crippen LogP contribution < -0.4 is 10.2 Å². The molecular formula is C24H30O7-2. The van der Waals surface area contributed by atoms with E-state index in [1.807, 2.05) is 0 Å². The topological polar surface area (TPSA) is 108 Å². The summed E-state index contributed by atoms with van der Waals surface area (Å²) in [6, 6.07) is 2.93. The molecule has 7 heteroatoms. The highest BCUT2D eigenvalue weighted by Crippen LogP contribution is 2.23. The van der Waals surface area contributed by atoms with Crippen LogP contribution in [0.2, 0.25) is 0 Å². The van der Waals surface area contributed by atoms with Crippen molar-refractivity contribution in [3.8, 4) is 0 Å². The molecular weight excluding hydrogens is 400 g/mol. The van der Waals surface area contributed by atoms with Gasteiger partial charge in [0.05, 0.1) is 50.2 Å². The standard InChI is InChI=1S/C20H26O6.C4H6O/c1-3-25-13-7-5-9-15-11-12-17(19(21)22)16(18(15)20(23)24)10-6-8-14-26-4-2;1-3-5-4-2/h3-4,11-12H,1-2,5-10,13-14H2,(H,21,22)(H,23,24);3-4H,1-2H2/p-2. The number of aromatic carboxylic acids is 2. The quantitative estimate of drug-likeness (QED) is 0.293. The first-order valence-corrected chi connectivity index (χ1v) is 9.84. The number of aryl methyl sites for hydroxylation is 1. The number of carbonyl (C=O) groups excluding carboxylic acids is 2. The number of hydrogen-bond acceptors (Lipinski definition) is 7. The summed E-state index contributed by atoms with van der Waals surface area (Å²) in [5.41, 5.74) is 0.669. The average Bonchev–Trinajstić information content (AvgIpc) is 2.74. The zero-order valence-electron chi connectivity index (χ0n) is 17.8. The van der Waals surface area contributed by atoms with Gasteiger partial charge in [-0.05, 0) is 49.7 Å². The number of carbonyl (C=O) groups is 2. The Balaban J connectivity index is 0.00000161. The molecule has 0 bridgehead atoms. The summed E-state index contributed by atoms with van der Waals surface area (Å²) >= 11 is 0. The minimum absolute atomic E-state index is 0.0408. The molecule has 0 heterocycles. The van der Waals surface area contributed by atoms with Crippen LogP contribution in [0, 0.1) is 0 Å². The van der Waals surface area contributed by atoms with Crippen molar-refractivity contribution < 1.29 is 34.0 Å². The van der Waals surface area contributed by atoms with Crippen LogP contribution in [0.25, 0.3) is 0 Å². The van der Waals surface area contributed by atoms with Crippen LogP contribution in [0.1, 0.15) is 57.5 Å². The summed E-state index contributed by atoms with van der Waals surface area (Å²) in [5, 5.41) is 23.1. The smallest absolute Gasteiger partial charge is 0.0873 e. The molecule has 0 atom stereocenters.